The van der Waals surface area contributed by atoms with Gasteiger partial charge < -0.3 is 9.73 Å². The van der Waals surface area contributed by atoms with E-state index < -0.39 is 0 Å². The third-order valence-electron chi connectivity index (χ3n) is 2.55. The van der Waals surface area contributed by atoms with Crippen molar-refractivity contribution < 1.29 is 4.42 Å². The minimum absolute atomic E-state index is 0.398. The highest BCUT2D eigenvalue weighted by Gasteiger charge is 2.11. The molecule has 18 heavy (non-hydrogen) atoms. The summed E-state index contributed by atoms with van der Waals surface area (Å²) < 4.78 is 6.69. The van der Waals surface area contributed by atoms with E-state index in [1.165, 1.54) is 0 Å². The Hall–Kier alpha value is -1.20. The Morgan fingerprint density at radius 1 is 1.33 bits per heavy atom. The average Bonchev–Trinajstić information content (AvgIpc) is 2.75. The molecule has 96 valence electrons. The fraction of sp³-hybridized carbons (Fsp3) is 0.385. The molecule has 0 aliphatic carbocycles. The predicted molar refractivity (Wildman–Crippen MR) is 74.1 cm³/mol. The van der Waals surface area contributed by atoms with E-state index in [1.807, 2.05) is 25.1 Å². The maximum Gasteiger partial charge on any atom is 0.248 e. The first-order valence-corrected chi connectivity index (χ1v) is 6.68. The molecule has 0 spiro atoms. The fourth-order valence-electron chi connectivity index (χ4n) is 1.59. The molecule has 0 aliphatic heterocycles. The third kappa shape index (κ3) is 3.17. The van der Waals surface area contributed by atoms with E-state index in [0.29, 0.717) is 24.4 Å². The van der Waals surface area contributed by atoms with Crippen LogP contribution in [-0.2, 0) is 6.54 Å². The van der Waals surface area contributed by atoms with Gasteiger partial charge in [0.25, 0.3) is 0 Å². The second-order valence-electron chi connectivity index (χ2n) is 4.50. The van der Waals surface area contributed by atoms with Gasteiger partial charge in [0.15, 0.2) is 0 Å². The lowest BCUT2D eigenvalue weighted by molar-refractivity contribution is 0.458. The summed E-state index contributed by atoms with van der Waals surface area (Å²) in [5.41, 5.74) is 2.08. The molecule has 0 fully saturated rings. The van der Waals surface area contributed by atoms with Gasteiger partial charge in [-0.05, 0) is 30.7 Å². The number of aryl methyl sites for hydroxylation is 1. The lowest BCUT2D eigenvalue weighted by atomic mass is 10.1. The summed E-state index contributed by atoms with van der Waals surface area (Å²) in [5.74, 6) is 1.18. The van der Waals surface area contributed by atoms with Gasteiger partial charge in [-0.1, -0.05) is 29.8 Å². The number of aromatic nitrogens is 2. The van der Waals surface area contributed by atoms with Crippen molar-refractivity contribution >= 4 is 15.9 Å². The monoisotopic (exact) mass is 309 g/mol. The van der Waals surface area contributed by atoms with Crippen molar-refractivity contribution in [2.75, 3.05) is 0 Å². The molecule has 1 N–H and O–H groups in total. The van der Waals surface area contributed by atoms with Crippen molar-refractivity contribution in [3.05, 3.63) is 34.1 Å². The Balaban J connectivity index is 2.18. The normalized spacial score (nSPS) is 11.2. The Morgan fingerprint density at radius 2 is 2.11 bits per heavy atom. The Kier molecular flexibility index (Phi) is 4.14. The fourth-order valence-corrected chi connectivity index (χ4v) is 2.07. The van der Waals surface area contributed by atoms with Crippen LogP contribution in [0.5, 0.6) is 0 Å². The largest absolute Gasteiger partial charge is 0.419 e. The van der Waals surface area contributed by atoms with Crippen LogP contribution in [-0.4, -0.2) is 16.2 Å². The van der Waals surface area contributed by atoms with Crippen LogP contribution in [0.1, 0.15) is 25.3 Å². The van der Waals surface area contributed by atoms with Gasteiger partial charge in [0, 0.05) is 16.1 Å². The zero-order valence-electron chi connectivity index (χ0n) is 10.7. The van der Waals surface area contributed by atoms with Gasteiger partial charge in [-0.15, -0.1) is 10.2 Å². The van der Waals surface area contributed by atoms with Gasteiger partial charge in [-0.3, -0.25) is 0 Å². The molecule has 0 aliphatic rings. The minimum atomic E-state index is 0.398. The van der Waals surface area contributed by atoms with Gasteiger partial charge >= 0.3 is 0 Å². The van der Waals surface area contributed by atoms with Gasteiger partial charge in [0.05, 0.1) is 6.54 Å². The highest BCUT2D eigenvalue weighted by atomic mass is 79.9. The summed E-state index contributed by atoms with van der Waals surface area (Å²) in [5, 5.41) is 11.4. The lowest BCUT2D eigenvalue weighted by Crippen LogP contribution is -2.21. The van der Waals surface area contributed by atoms with Crippen LogP contribution in [0, 0.1) is 6.92 Å². The zero-order chi connectivity index (χ0) is 13.1. The zero-order valence-corrected chi connectivity index (χ0v) is 12.3. The summed E-state index contributed by atoms with van der Waals surface area (Å²) in [6.07, 6.45) is 0. The van der Waals surface area contributed by atoms with Crippen LogP contribution in [0.2, 0.25) is 0 Å². The quantitative estimate of drug-likeness (QED) is 0.941. The van der Waals surface area contributed by atoms with Crippen molar-refractivity contribution in [2.24, 2.45) is 0 Å². The van der Waals surface area contributed by atoms with E-state index in [9.17, 15) is 0 Å². The summed E-state index contributed by atoms with van der Waals surface area (Å²) in [7, 11) is 0. The van der Waals surface area contributed by atoms with Crippen molar-refractivity contribution in [1.29, 1.82) is 0 Å². The van der Waals surface area contributed by atoms with Gasteiger partial charge in [-0.2, -0.15) is 0 Å². The minimum Gasteiger partial charge on any atom is -0.419 e. The van der Waals surface area contributed by atoms with E-state index in [4.69, 9.17) is 4.42 Å². The van der Waals surface area contributed by atoms with Crippen LogP contribution in [0.3, 0.4) is 0 Å². The number of benzene rings is 1. The van der Waals surface area contributed by atoms with Crippen LogP contribution in [0.15, 0.2) is 27.1 Å². The molecule has 0 bridgehead atoms. The molecular formula is C13H16BrN3O. The molecule has 0 saturated carbocycles. The molecule has 0 saturated heterocycles. The molecule has 0 amide bonds. The van der Waals surface area contributed by atoms with E-state index in [-0.39, 0.29) is 0 Å². The lowest BCUT2D eigenvalue weighted by Gasteiger charge is -2.04. The van der Waals surface area contributed by atoms with Gasteiger partial charge in [-0.25, -0.2) is 0 Å². The first-order chi connectivity index (χ1) is 8.56. The molecule has 0 unspecified atom stereocenters. The molecule has 0 radical (unpaired) electrons. The Bertz CT molecular complexity index is 537. The van der Waals surface area contributed by atoms with Crippen molar-refractivity contribution in [2.45, 2.75) is 33.4 Å². The van der Waals surface area contributed by atoms with Crippen LogP contribution in [0.4, 0.5) is 0 Å². The molecular weight excluding hydrogens is 294 g/mol. The van der Waals surface area contributed by atoms with Crippen LogP contribution >= 0.6 is 15.9 Å². The van der Waals surface area contributed by atoms with E-state index >= 15 is 0 Å². The van der Waals surface area contributed by atoms with Crippen molar-refractivity contribution in [1.82, 2.24) is 15.5 Å². The number of nitrogens with zero attached hydrogens (tertiary/aromatic N) is 2. The average molecular weight is 310 g/mol. The highest BCUT2D eigenvalue weighted by Crippen LogP contribution is 2.24. The summed E-state index contributed by atoms with van der Waals surface area (Å²) >= 11 is 3.44. The maximum atomic E-state index is 5.64. The molecule has 2 rings (SSSR count). The molecule has 4 nitrogen and oxygen atoms in total. The summed E-state index contributed by atoms with van der Waals surface area (Å²) in [4.78, 5) is 0. The van der Waals surface area contributed by atoms with Gasteiger partial charge in [0.1, 0.15) is 0 Å². The van der Waals surface area contributed by atoms with Crippen molar-refractivity contribution in [3.63, 3.8) is 0 Å². The molecule has 1 aromatic carbocycles. The number of rotatable bonds is 4. The smallest absolute Gasteiger partial charge is 0.248 e. The Morgan fingerprint density at radius 3 is 2.78 bits per heavy atom. The second-order valence-corrected chi connectivity index (χ2v) is 5.41. The number of halogens is 1. The maximum absolute atomic E-state index is 5.64. The molecule has 1 heterocycles. The first kappa shape index (κ1) is 13.2. The standard InChI is InChI=1S/C13H16BrN3O/c1-8(2)15-7-12-16-17-13(18-12)11-5-4-10(14)6-9(11)3/h4-6,8,15H,7H2,1-3H3. The van der Waals surface area contributed by atoms with Crippen molar-refractivity contribution in [3.8, 4) is 11.5 Å². The predicted octanol–water partition coefficient (Wildman–Crippen LogP) is 3.31. The number of hydrogen-bond donors (Lipinski definition) is 1. The summed E-state index contributed by atoms with van der Waals surface area (Å²) in [6, 6.07) is 6.38. The topological polar surface area (TPSA) is 51.0 Å². The second kappa shape index (κ2) is 5.63. The highest BCUT2D eigenvalue weighted by molar-refractivity contribution is 9.10. The van der Waals surface area contributed by atoms with E-state index in [2.05, 4.69) is 45.3 Å². The molecule has 2 aromatic rings. The van der Waals surface area contributed by atoms with Crippen LogP contribution < -0.4 is 5.32 Å². The molecule has 1 aromatic heterocycles. The first-order valence-electron chi connectivity index (χ1n) is 5.88. The molecule has 5 heteroatoms. The third-order valence-corrected chi connectivity index (χ3v) is 3.04. The number of nitrogens with one attached hydrogen (secondary N) is 1. The summed E-state index contributed by atoms with van der Waals surface area (Å²) in [6.45, 7) is 6.78. The number of hydrogen-bond acceptors (Lipinski definition) is 4. The molecule has 0 atom stereocenters. The van der Waals surface area contributed by atoms with Crippen LogP contribution in [0.25, 0.3) is 11.5 Å². The SMILES string of the molecule is Cc1cc(Br)ccc1-c1nnc(CNC(C)C)o1. The van der Waals surface area contributed by atoms with E-state index in [1.54, 1.807) is 0 Å². The Labute approximate surface area is 115 Å². The van der Waals surface area contributed by atoms with E-state index in [0.717, 1.165) is 15.6 Å². The van der Waals surface area contributed by atoms with Gasteiger partial charge in [0.2, 0.25) is 11.8 Å².